The highest BCUT2D eigenvalue weighted by Gasteiger charge is 2.42. The molecule has 1 unspecified atom stereocenters. The summed E-state index contributed by atoms with van der Waals surface area (Å²) in [6.07, 6.45) is -0.322. The molecule has 1 aromatic carbocycles. The first-order valence-electron chi connectivity index (χ1n) is 31.8. The Hall–Kier alpha value is -8.70. The second-order valence-corrected chi connectivity index (χ2v) is 30.0. The minimum atomic E-state index is -1.32. The number of fused-ring (bicyclic) bond motifs is 14. The Morgan fingerprint density at radius 1 is 0.707 bits per heavy atom. The van der Waals surface area contributed by atoms with Crippen molar-refractivity contribution in [2.45, 2.75) is 141 Å². The van der Waals surface area contributed by atoms with Crippen LogP contribution in [0.2, 0.25) is 0 Å². The number of aliphatic hydroxyl groups excluding tert-OH is 1. The van der Waals surface area contributed by atoms with Crippen LogP contribution in [0.1, 0.15) is 183 Å². The van der Waals surface area contributed by atoms with E-state index in [0.29, 0.717) is 80.9 Å². The molecule has 2 aliphatic rings. The molecule has 522 valence electrons. The Morgan fingerprint density at radius 2 is 1.38 bits per heavy atom. The summed E-state index contributed by atoms with van der Waals surface area (Å²) in [7, 11) is 2.93. The van der Waals surface area contributed by atoms with Gasteiger partial charge >= 0.3 is 24.0 Å². The number of ketones is 1. The van der Waals surface area contributed by atoms with Crippen LogP contribution < -0.4 is 26.2 Å². The number of hydrogen-bond donors (Lipinski definition) is 8. The van der Waals surface area contributed by atoms with Crippen molar-refractivity contribution in [2.24, 2.45) is 11.8 Å². The topological polar surface area (TPSA) is 395 Å². The zero-order valence-corrected chi connectivity index (χ0v) is 59.3. The standard InChI is InChI=1S/C66H72N12O15S6/c1-33(2)38-25-44(79)51-34(3)98-62(76-51)40(26-47(80)67-4)70-56(87)42-30-94-58(72-42)37-17-18-39(60-74-46(32-97-60)78(24-12-10-16-50(84)85)65(91)93-66(21-11-9-15-49(82)83)22-19-36(20-23-66)64(89)90)69-52(37)41-29-95-61(71-41)43-31-96-63(73-43)54(55(86)35-13-7-6-8-14-35)75-48(81)27-68-57(88)53-45(28-92-5)99-59(38)77-53/h6-8,13-14,17-18,29-33,36,38,40,54-55,86H,9-12,15-16,19-28H2,1-5H3,(H,67,80)(H,68,88)(H,70,87)(H,75,81)(H,82,83)(H,84,85)(H,89,90)/t36?,38?,40-,54-,55-,66?/m0/s1. The van der Waals surface area contributed by atoms with Crippen molar-refractivity contribution < 1.29 is 73.1 Å². The molecule has 10 bridgehead atoms. The molecular formula is C66H72N12O15S6. The van der Waals surface area contributed by atoms with Gasteiger partial charge in [-0.25, -0.2) is 39.7 Å². The average molecular weight is 1470 g/mol. The number of nitrogens with zero attached hydrogens (tertiary/aromatic N) is 8. The molecule has 0 spiro atoms. The third-order valence-electron chi connectivity index (χ3n) is 16.9. The van der Waals surface area contributed by atoms with E-state index in [1.807, 2.05) is 13.8 Å². The maximum atomic E-state index is 14.6. The second kappa shape index (κ2) is 33.0. The molecular weight excluding hydrogens is 1390 g/mol. The van der Waals surface area contributed by atoms with Gasteiger partial charge in [-0.2, -0.15) is 0 Å². The van der Waals surface area contributed by atoms with E-state index in [-0.39, 0.29) is 124 Å². The van der Waals surface area contributed by atoms with Gasteiger partial charge in [-0.15, -0.1) is 68.0 Å². The number of unbranched alkanes of at least 4 members (excludes halogenated alkanes) is 2. The minimum Gasteiger partial charge on any atom is -0.481 e. The Bertz CT molecular complexity index is 4270. The van der Waals surface area contributed by atoms with Crippen LogP contribution in [0.3, 0.4) is 0 Å². The first-order valence-corrected chi connectivity index (χ1v) is 37.0. The Balaban J connectivity index is 1.04. The van der Waals surface area contributed by atoms with Crippen molar-refractivity contribution in [3.05, 3.63) is 111 Å². The Morgan fingerprint density at radius 3 is 2.09 bits per heavy atom. The Labute approximate surface area is 592 Å². The highest BCUT2D eigenvalue weighted by atomic mass is 32.1. The molecule has 7 aromatic heterocycles. The van der Waals surface area contributed by atoms with Crippen molar-refractivity contribution in [1.29, 1.82) is 0 Å². The normalized spacial score (nSPS) is 18.7. The zero-order chi connectivity index (χ0) is 70.7. The monoisotopic (exact) mass is 1460 g/mol. The van der Waals surface area contributed by atoms with Gasteiger partial charge in [0.25, 0.3) is 11.8 Å². The number of amides is 5. The fourth-order valence-electron chi connectivity index (χ4n) is 11.6. The number of carboxylic acid groups (broad SMARTS) is 3. The number of aryl methyl sites for hydroxylation is 1. The molecule has 1 fully saturated rings. The van der Waals surface area contributed by atoms with Crippen LogP contribution in [0.5, 0.6) is 0 Å². The predicted molar refractivity (Wildman–Crippen MR) is 372 cm³/mol. The summed E-state index contributed by atoms with van der Waals surface area (Å²) < 4.78 is 11.9. The summed E-state index contributed by atoms with van der Waals surface area (Å²) in [4.78, 5) is 157. The van der Waals surface area contributed by atoms with Crippen LogP contribution >= 0.6 is 68.0 Å². The number of carboxylic acids is 3. The van der Waals surface area contributed by atoms with Crippen molar-refractivity contribution in [3.63, 3.8) is 0 Å². The lowest BCUT2D eigenvalue weighted by Gasteiger charge is -2.40. The van der Waals surface area contributed by atoms with Crippen LogP contribution in [0.25, 0.3) is 43.4 Å². The van der Waals surface area contributed by atoms with E-state index in [9.17, 15) is 63.6 Å². The van der Waals surface area contributed by atoms with E-state index in [1.54, 1.807) is 70.9 Å². The van der Waals surface area contributed by atoms with Crippen LogP contribution in [0.15, 0.2) is 64.0 Å². The molecule has 8 heterocycles. The number of carbonyl (C=O) groups excluding carboxylic acids is 6. The number of benzene rings is 1. The fourth-order valence-corrected chi connectivity index (χ4v) is 17.2. The van der Waals surface area contributed by atoms with E-state index < -0.39 is 89.8 Å². The quantitative estimate of drug-likeness (QED) is 0.0310. The number of nitrogens with one attached hydrogen (secondary N) is 4. The molecule has 1 aliphatic heterocycles. The molecule has 1 saturated carbocycles. The van der Waals surface area contributed by atoms with Crippen molar-refractivity contribution in [2.75, 3.05) is 32.1 Å². The van der Waals surface area contributed by atoms with E-state index in [1.165, 1.54) is 41.7 Å². The molecule has 33 heteroatoms. The molecule has 5 amide bonds. The van der Waals surface area contributed by atoms with Crippen LogP contribution in [0, 0.1) is 18.8 Å². The summed E-state index contributed by atoms with van der Waals surface area (Å²) >= 11 is 7.02. The number of thiazole rings is 6. The van der Waals surface area contributed by atoms with Gasteiger partial charge in [-0.3, -0.25) is 43.3 Å². The summed E-state index contributed by atoms with van der Waals surface area (Å²) in [6, 6.07) is 9.96. The second-order valence-electron chi connectivity index (χ2n) is 24.2. The number of aliphatic hydroxyl groups is 1. The summed E-state index contributed by atoms with van der Waals surface area (Å²) in [5, 5.41) is 60.7. The van der Waals surface area contributed by atoms with Crippen molar-refractivity contribution >= 4 is 127 Å². The lowest BCUT2D eigenvalue weighted by molar-refractivity contribution is -0.145. The highest BCUT2D eigenvalue weighted by molar-refractivity contribution is 7.15. The number of rotatable bonds is 21. The third kappa shape index (κ3) is 18.0. The van der Waals surface area contributed by atoms with Crippen LogP contribution in [0.4, 0.5) is 10.6 Å². The number of aromatic nitrogens is 7. The molecule has 0 radical (unpaired) electrons. The van der Waals surface area contributed by atoms with Gasteiger partial charge in [-0.1, -0.05) is 44.2 Å². The minimum absolute atomic E-state index is 0.00330. The van der Waals surface area contributed by atoms with Crippen molar-refractivity contribution in [3.8, 4) is 43.4 Å². The first kappa shape index (κ1) is 73.0. The maximum Gasteiger partial charge on any atom is 0.416 e. The van der Waals surface area contributed by atoms with Gasteiger partial charge in [-0.05, 0) is 88.3 Å². The van der Waals surface area contributed by atoms with Gasteiger partial charge in [0, 0.05) is 77.8 Å². The van der Waals surface area contributed by atoms with Gasteiger partial charge in [0.2, 0.25) is 11.8 Å². The predicted octanol–water partition coefficient (Wildman–Crippen LogP) is 11.1. The highest BCUT2D eigenvalue weighted by Crippen LogP contribution is 2.43. The number of methoxy groups -OCH3 is 1. The fraction of sp³-hybridized carbons (Fsp3) is 0.424. The molecule has 8 aromatic rings. The maximum absolute atomic E-state index is 14.6. The molecule has 4 atom stereocenters. The summed E-state index contributed by atoms with van der Waals surface area (Å²) in [5.41, 5.74) is 1.23. The Kier molecular flexibility index (Phi) is 24.3. The largest absolute Gasteiger partial charge is 0.481 e. The third-order valence-corrected chi connectivity index (χ3v) is 22.7. The molecule has 1 aliphatic carbocycles. The molecule has 27 nitrogen and oxygen atoms in total. The average Bonchev–Trinajstić information content (AvgIpc) is 1.74. The SMILES string of the molecule is CNC(=O)C[C@@H]1NC(=O)c2csc(n2)-c2ccc(-c3nc(N(CCCCC(=O)O)C(=O)OC4(CCCCC(=O)O)CCC(C(=O)O)CC4)cs3)nc2-c2csc(n2)-c2csc(n2)[C@H]([C@@H](O)c2ccccc2)NC(=O)CNC(=O)c2nc(sc2COC)C(C(C)C)CC(=O)c2nc1sc2C. The summed E-state index contributed by atoms with van der Waals surface area (Å²) in [5.74, 6) is -6.86. The summed E-state index contributed by atoms with van der Waals surface area (Å²) in [6.45, 7) is 5.05. The van der Waals surface area contributed by atoms with Gasteiger partial charge in [0.15, 0.2) is 5.78 Å². The van der Waals surface area contributed by atoms with E-state index in [0.717, 1.165) is 45.3 Å². The lowest BCUT2D eigenvalue weighted by atomic mass is 9.76. The number of anilines is 1. The van der Waals surface area contributed by atoms with Crippen LogP contribution in [-0.4, -0.2) is 142 Å². The number of aliphatic carboxylic acids is 3. The lowest BCUT2D eigenvalue weighted by Crippen LogP contribution is -2.45. The van der Waals surface area contributed by atoms with Crippen molar-refractivity contribution in [1.82, 2.24) is 56.2 Å². The number of ether oxygens (including phenoxy) is 2. The van der Waals surface area contributed by atoms with Gasteiger partial charge in [0.1, 0.15) is 82.8 Å². The van der Waals surface area contributed by atoms with Gasteiger partial charge < -0.3 is 51.2 Å². The zero-order valence-electron chi connectivity index (χ0n) is 54.4. The van der Waals surface area contributed by atoms with E-state index in [2.05, 4.69) is 21.3 Å². The number of pyridine rings is 1. The number of Topliss-reactive ketones (excluding diaryl/α,β-unsaturated/α-hetero) is 1. The van der Waals surface area contributed by atoms with Crippen LogP contribution in [-0.2, 0) is 40.1 Å². The van der Waals surface area contributed by atoms with E-state index in [4.69, 9.17) is 44.4 Å². The molecule has 8 N–H and O–H groups in total. The smallest absolute Gasteiger partial charge is 0.416 e. The van der Waals surface area contributed by atoms with E-state index >= 15 is 0 Å². The first-order chi connectivity index (χ1) is 47.5. The number of hydrogen-bond acceptors (Lipinski definition) is 25. The molecule has 99 heavy (non-hydrogen) atoms. The van der Waals surface area contributed by atoms with Gasteiger partial charge in [0.05, 0.1) is 47.1 Å². The molecule has 10 rings (SSSR count). The number of carbonyl (C=O) groups is 9. The molecule has 0 saturated heterocycles.